The van der Waals surface area contributed by atoms with Crippen LogP contribution in [0.3, 0.4) is 0 Å². The van der Waals surface area contributed by atoms with Crippen molar-refractivity contribution in [1.29, 1.82) is 0 Å². The van der Waals surface area contributed by atoms with Crippen LogP contribution in [0.4, 0.5) is 5.82 Å². The second-order valence-corrected chi connectivity index (χ2v) is 7.11. The Morgan fingerprint density at radius 2 is 2.14 bits per heavy atom. The van der Waals surface area contributed by atoms with E-state index >= 15 is 0 Å². The van der Waals surface area contributed by atoms with Crippen LogP contribution in [0.15, 0.2) is 24.4 Å². The molecule has 0 spiro atoms. The summed E-state index contributed by atoms with van der Waals surface area (Å²) in [5.41, 5.74) is 0.864. The van der Waals surface area contributed by atoms with E-state index in [2.05, 4.69) is 15.5 Å². The summed E-state index contributed by atoms with van der Waals surface area (Å²) in [6.45, 7) is 5.63. The Morgan fingerprint density at radius 1 is 1.36 bits per heavy atom. The molecule has 2 aromatic heterocycles. The molecule has 1 aliphatic rings. The number of nitrogens with one attached hydrogen (secondary N) is 1. The molecule has 22 heavy (non-hydrogen) atoms. The number of aromatic nitrogens is 2. The van der Waals surface area contributed by atoms with Crippen LogP contribution in [-0.4, -0.2) is 40.1 Å². The number of carbonyl (C=O) groups is 1. The van der Waals surface area contributed by atoms with E-state index in [1.54, 1.807) is 17.5 Å². The van der Waals surface area contributed by atoms with Crippen LogP contribution in [-0.2, 0) is 0 Å². The van der Waals surface area contributed by atoms with E-state index in [0.717, 1.165) is 42.2 Å². The van der Waals surface area contributed by atoms with Crippen molar-refractivity contribution >= 4 is 23.1 Å². The van der Waals surface area contributed by atoms with Crippen LogP contribution in [0.1, 0.15) is 33.0 Å². The molecule has 0 bridgehead atoms. The van der Waals surface area contributed by atoms with E-state index in [1.807, 2.05) is 36.9 Å². The Hall–Kier alpha value is -1.95. The van der Waals surface area contributed by atoms with E-state index in [1.165, 1.54) is 4.88 Å². The molecule has 0 aromatic carbocycles. The fourth-order valence-electron chi connectivity index (χ4n) is 2.83. The lowest BCUT2D eigenvalue weighted by Gasteiger charge is -2.32. The van der Waals surface area contributed by atoms with Gasteiger partial charge in [0.25, 0.3) is 5.91 Å². The number of likely N-dealkylation sites (tertiary alicyclic amines) is 1. The lowest BCUT2D eigenvalue weighted by atomic mass is 10.0. The van der Waals surface area contributed by atoms with Gasteiger partial charge in [0.1, 0.15) is 5.82 Å². The zero-order valence-electron chi connectivity index (χ0n) is 12.9. The van der Waals surface area contributed by atoms with Crippen LogP contribution in [0.25, 0.3) is 0 Å². The standard InChI is InChI=1S/C16H20N4OS/c1-11-10-14(12(2)22-11)16(21)20-8-5-13(6-9-20)18-15-4-3-7-17-19-15/h3-4,7,10,13H,5-6,8-9H2,1-2H3,(H,18,19). The van der Waals surface area contributed by atoms with Gasteiger partial charge in [-0.05, 0) is 44.9 Å². The molecule has 1 aliphatic heterocycles. The van der Waals surface area contributed by atoms with Gasteiger partial charge >= 0.3 is 0 Å². The molecule has 1 amide bonds. The number of hydrogen-bond acceptors (Lipinski definition) is 5. The predicted molar refractivity (Wildman–Crippen MR) is 88.4 cm³/mol. The second-order valence-electron chi connectivity index (χ2n) is 5.65. The zero-order chi connectivity index (χ0) is 15.5. The maximum atomic E-state index is 12.6. The summed E-state index contributed by atoms with van der Waals surface area (Å²) in [7, 11) is 0. The number of carbonyl (C=O) groups excluding carboxylic acids is 1. The lowest BCUT2D eigenvalue weighted by Crippen LogP contribution is -2.42. The normalized spacial score (nSPS) is 15.8. The summed E-state index contributed by atoms with van der Waals surface area (Å²) in [6, 6.07) is 6.15. The van der Waals surface area contributed by atoms with Crippen molar-refractivity contribution in [3.63, 3.8) is 0 Å². The van der Waals surface area contributed by atoms with Crippen molar-refractivity contribution in [2.75, 3.05) is 18.4 Å². The van der Waals surface area contributed by atoms with Crippen molar-refractivity contribution in [3.8, 4) is 0 Å². The van der Waals surface area contributed by atoms with Gasteiger partial charge in [0, 0.05) is 35.1 Å². The SMILES string of the molecule is Cc1cc(C(=O)N2CCC(Nc3cccnn3)CC2)c(C)s1. The maximum Gasteiger partial charge on any atom is 0.254 e. The molecule has 1 fully saturated rings. The van der Waals surface area contributed by atoms with E-state index < -0.39 is 0 Å². The highest BCUT2D eigenvalue weighted by atomic mass is 32.1. The van der Waals surface area contributed by atoms with Crippen molar-refractivity contribution in [1.82, 2.24) is 15.1 Å². The van der Waals surface area contributed by atoms with Gasteiger partial charge in [-0.15, -0.1) is 16.4 Å². The minimum atomic E-state index is 0.166. The Balaban J connectivity index is 1.57. The predicted octanol–water partition coefficient (Wildman–Crippen LogP) is 2.87. The highest BCUT2D eigenvalue weighted by molar-refractivity contribution is 7.12. The van der Waals surface area contributed by atoms with Crippen LogP contribution in [0.2, 0.25) is 0 Å². The molecule has 0 saturated carbocycles. The lowest BCUT2D eigenvalue weighted by molar-refractivity contribution is 0.0718. The molecule has 6 heteroatoms. The molecule has 1 saturated heterocycles. The number of amides is 1. The smallest absolute Gasteiger partial charge is 0.254 e. The van der Waals surface area contributed by atoms with E-state index in [0.29, 0.717) is 6.04 Å². The van der Waals surface area contributed by atoms with Crippen molar-refractivity contribution in [2.45, 2.75) is 32.7 Å². The number of aryl methyl sites for hydroxylation is 2. The summed E-state index contributed by atoms with van der Waals surface area (Å²) in [5, 5.41) is 11.3. The molecule has 2 aromatic rings. The molecule has 0 aliphatic carbocycles. The number of anilines is 1. The second kappa shape index (κ2) is 6.44. The minimum Gasteiger partial charge on any atom is -0.366 e. The van der Waals surface area contributed by atoms with Gasteiger partial charge in [-0.2, -0.15) is 5.10 Å². The summed E-state index contributed by atoms with van der Waals surface area (Å²) >= 11 is 1.69. The van der Waals surface area contributed by atoms with Gasteiger partial charge < -0.3 is 10.2 Å². The number of nitrogens with zero attached hydrogens (tertiary/aromatic N) is 3. The van der Waals surface area contributed by atoms with E-state index in [9.17, 15) is 4.79 Å². The molecule has 3 heterocycles. The molecular formula is C16H20N4OS. The highest BCUT2D eigenvalue weighted by Crippen LogP contribution is 2.24. The monoisotopic (exact) mass is 316 g/mol. The van der Waals surface area contributed by atoms with E-state index in [-0.39, 0.29) is 5.91 Å². The molecule has 0 radical (unpaired) electrons. The van der Waals surface area contributed by atoms with Crippen molar-refractivity contribution < 1.29 is 4.79 Å². The fraction of sp³-hybridized carbons (Fsp3) is 0.438. The Morgan fingerprint density at radius 3 is 2.73 bits per heavy atom. The zero-order valence-corrected chi connectivity index (χ0v) is 13.7. The maximum absolute atomic E-state index is 12.6. The van der Waals surface area contributed by atoms with Gasteiger partial charge in [0.05, 0.1) is 5.56 Å². The number of thiophene rings is 1. The third kappa shape index (κ3) is 3.27. The topological polar surface area (TPSA) is 58.1 Å². The van der Waals surface area contributed by atoms with Crippen LogP contribution in [0.5, 0.6) is 0 Å². The number of hydrogen-bond donors (Lipinski definition) is 1. The van der Waals surface area contributed by atoms with Crippen LogP contribution >= 0.6 is 11.3 Å². The van der Waals surface area contributed by atoms with Crippen LogP contribution < -0.4 is 5.32 Å². The molecule has 0 atom stereocenters. The third-order valence-corrected chi connectivity index (χ3v) is 4.94. The Bertz CT molecular complexity index is 647. The largest absolute Gasteiger partial charge is 0.366 e. The number of rotatable bonds is 3. The molecule has 116 valence electrons. The quantitative estimate of drug-likeness (QED) is 0.946. The van der Waals surface area contributed by atoms with Crippen molar-refractivity contribution in [3.05, 3.63) is 39.7 Å². The third-order valence-electron chi connectivity index (χ3n) is 3.98. The first-order chi connectivity index (χ1) is 10.6. The highest BCUT2D eigenvalue weighted by Gasteiger charge is 2.25. The van der Waals surface area contributed by atoms with Crippen molar-refractivity contribution in [2.24, 2.45) is 0 Å². The van der Waals surface area contributed by atoms with Gasteiger partial charge in [-0.1, -0.05) is 0 Å². The van der Waals surface area contributed by atoms with Gasteiger partial charge in [0.2, 0.25) is 0 Å². The first-order valence-electron chi connectivity index (χ1n) is 7.54. The van der Waals surface area contributed by atoms with Gasteiger partial charge in [0.15, 0.2) is 0 Å². The average Bonchev–Trinajstić information content (AvgIpc) is 2.87. The minimum absolute atomic E-state index is 0.166. The molecule has 0 unspecified atom stereocenters. The van der Waals surface area contributed by atoms with E-state index in [4.69, 9.17) is 0 Å². The van der Waals surface area contributed by atoms with Crippen LogP contribution in [0, 0.1) is 13.8 Å². The Kier molecular flexibility index (Phi) is 4.38. The molecular weight excluding hydrogens is 296 g/mol. The van der Waals surface area contributed by atoms with Gasteiger partial charge in [-0.25, -0.2) is 0 Å². The fourth-order valence-corrected chi connectivity index (χ4v) is 3.74. The number of piperidine rings is 1. The Labute approximate surface area is 134 Å². The first-order valence-corrected chi connectivity index (χ1v) is 8.35. The molecule has 3 rings (SSSR count). The molecule has 1 N–H and O–H groups in total. The summed E-state index contributed by atoms with van der Waals surface area (Å²) in [6.07, 6.45) is 3.53. The first kappa shape index (κ1) is 15.0. The average molecular weight is 316 g/mol. The van der Waals surface area contributed by atoms with Gasteiger partial charge in [-0.3, -0.25) is 4.79 Å². The molecule has 5 nitrogen and oxygen atoms in total. The summed E-state index contributed by atoms with van der Waals surface area (Å²) in [5.74, 6) is 0.969. The summed E-state index contributed by atoms with van der Waals surface area (Å²) < 4.78 is 0. The summed E-state index contributed by atoms with van der Waals surface area (Å²) in [4.78, 5) is 16.9.